The van der Waals surface area contributed by atoms with E-state index in [0.717, 1.165) is 27.7 Å². The van der Waals surface area contributed by atoms with Crippen molar-refractivity contribution in [3.63, 3.8) is 0 Å². The maximum atomic E-state index is 13.5. The second kappa shape index (κ2) is 14.0. The minimum absolute atomic E-state index is 0.0171. The van der Waals surface area contributed by atoms with Crippen LogP contribution in [0.2, 0.25) is 0 Å². The van der Waals surface area contributed by atoms with Crippen molar-refractivity contribution in [3.05, 3.63) is 48.0 Å². The summed E-state index contributed by atoms with van der Waals surface area (Å²) in [5.74, 6) is -3.96. The summed E-state index contributed by atoms with van der Waals surface area (Å²) in [6, 6.07) is 7.97. The van der Waals surface area contributed by atoms with Gasteiger partial charge in [-0.1, -0.05) is 34.1 Å². The zero-order chi connectivity index (χ0) is 29.4. The van der Waals surface area contributed by atoms with Gasteiger partial charge in [0.25, 0.3) is 0 Å². The molecule has 41 heavy (non-hydrogen) atoms. The molecule has 0 radical (unpaired) electrons. The number of thiazole rings is 2. The van der Waals surface area contributed by atoms with E-state index in [1.54, 1.807) is 0 Å². The highest BCUT2D eigenvalue weighted by Gasteiger charge is 2.21. The Labute approximate surface area is 238 Å². The van der Waals surface area contributed by atoms with Crippen LogP contribution in [0.3, 0.4) is 0 Å². The first-order chi connectivity index (χ1) is 19.6. The highest BCUT2D eigenvalue weighted by molar-refractivity contribution is 7.22. The number of hydroxylamine groups is 2. The molecule has 0 bridgehead atoms. The molecule has 0 aliphatic carbocycles. The van der Waals surface area contributed by atoms with Crippen LogP contribution in [0.1, 0.15) is 32.1 Å². The molecule has 216 valence electrons. The largest absolute Gasteiger partial charge is 0.481 e. The summed E-state index contributed by atoms with van der Waals surface area (Å²) < 4.78 is 28.0. The highest BCUT2D eigenvalue weighted by atomic mass is 32.1. The van der Waals surface area contributed by atoms with Gasteiger partial charge in [-0.25, -0.2) is 23.5 Å². The first-order valence-electron chi connectivity index (χ1n) is 12.2. The Morgan fingerprint density at radius 2 is 1.32 bits per heavy atom. The van der Waals surface area contributed by atoms with Crippen molar-refractivity contribution in [2.75, 3.05) is 23.7 Å². The molecule has 0 spiro atoms. The molecule has 0 aliphatic heterocycles. The molecular formula is C25H23F2N5O7S2. The van der Waals surface area contributed by atoms with E-state index in [4.69, 9.17) is 15.0 Å². The van der Waals surface area contributed by atoms with E-state index in [1.165, 1.54) is 36.4 Å². The van der Waals surface area contributed by atoms with Crippen molar-refractivity contribution in [2.45, 2.75) is 32.1 Å². The fraction of sp³-hybridized carbons (Fsp3) is 0.280. The zero-order valence-corrected chi connectivity index (χ0v) is 22.9. The Hall–Kier alpha value is -4.12. The lowest BCUT2D eigenvalue weighted by molar-refractivity contribution is -0.392. The molecule has 2 aromatic heterocycles. The summed E-state index contributed by atoms with van der Waals surface area (Å²) >= 11 is 2.08. The van der Waals surface area contributed by atoms with Crippen molar-refractivity contribution in [2.24, 2.45) is 0 Å². The van der Waals surface area contributed by atoms with Gasteiger partial charge in [0.15, 0.2) is 10.3 Å². The van der Waals surface area contributed by atoms with Gasteiger partial charge < -0.3 is 15.7 Å². The molecule has 0 fully saturated rings. The number of fused-ring (bicyclic) bond motifs is 2. The number of aromatic nitrogens is 2. The third kappa shape index (κ3) is 9.21. The second-order valence-electron chi connectivity index (χ2n) is 8.64. The quantitative estimate of drug-likeness (QED) is 0.106. The van der Waals surface area contributed by atoms with E-state index < -0.39 is 48.5 Å². The molecule has 0 atom stereocenters. The molecule has 0 saturated heterocycles. The lowest BCUT2D eigenvalue weighted by atomic mass is 10.1. The van der Waals surface area contributed by atoms with Gasteiger partial charge in [-0.15, -0.1) is 5.06 Å². The van der Waals surface area contributed by atoms with E-state index in [0.29, 0.717) is 39.7 Å². The standard InChI is InChI=1S/C25H23F2N5O7S2/c26-14-6-8-16-18(10-14)40-24(28-16)30-20(33)12-32(39-38-23(37)5-3-1-2-4-22(35)36)13-21(34)31-25-29-17-9-7-15(27)11-19(17)41-25/h6-11H,1-5,12-13H2,(H,35,36)(H,28,30,33)(H,29,31,34). The molecule has 0 unspecified atom stereocenters. The SMILES string of the molecule is O=C(O)CCCCCC(=O)OON(CC(=O)Nc1nc2ccc(F)cc2s1)CC(=O)Nc1nc2ccc(F)cc2s1. The van der Waals surface area contributed by atoms with Crippen molar-refractivity contribution < 1.29 is 42.9 Å². The van der Waals surface area contributed by atoms with E-state index in [-0.39, 0.29) is 23.1 Å². The maximum Gasteiger partial charge on any atom is 0.344 e. The van der Waals surface area contributed by atoms with Crippen LogP contribution in [0, 0.1) is 11.6 Å². The lowest BCUT2D eigenvalue weighted by Gasteiger charge is -2.18. The number of carboxylic acids is 1. The predicted octanol–water partition coefficient (Wildman–Crippen LogP) is 4.49. The number of carbonyl (C=O) groups is 4. The smallest absolute Gasteiger partial charge is 0.344 e. The van der Waals surface area contributed by atoms with Crippen molar-refractivity contribution >= 4 is 77.1 Å². The van der Waals surface area contributed by atoms with Crippen LogP contribution in [0.5, 0.6) is 0 Å². The molecule has 2 amide bonds. The van der Waals surface area contributed by atoms with Crippen molar-refractivity contribution in [3.8, 4) is 0 Å². The number of carbonyl (C=O) groups excluding carboxylic acids is 3. The molecule has 3 N–H and O–H groups in total. The molecule has 0 aliphatic rings. The van der Waals surface area contributed by atoms with E-state index >= 15 is 0 Å². The number of carboxylic acid groups (broad SMARTS) is 1. The molecule has 16 heteroatoms. The Morgan fingerprint density at radius 1 is 0.805 bits per heavy atom. The first-order valence-corrected chi connectivity index (χ1v) is 13.8. The number of unbranched alkanes of at least 4 members (excludes halogenated alkanes) is 2. The van der Waals surface area contributed by atoms with Crippen LogP contribution >= 0.6 is 22.7 Å². The number of hydrogen-bond donors (Lipinski definition) is 3. The molecule has 2 aromatic carbocycles. The van der Waals surface area contributed by atoms with Crippen LogP contribution in [-0.2, 0) is 29.1 Å². The number of hydrogen-bond acceptors (Lipinski definition) is 11. The average Bonchev–Trinajstić information content (AvgIpc) is 3.48. The molecule has 0 saturated carbocycles. The van der Waals surface area contributed by atoms with Gasteiger partial charge in [0.2, 0.25) is 11.8 Å². The zero-order valence-electron chi connectivity index (χ0n) is 21.2. The van der Waals surface area contributed by atoms with E-state index in [9.17, 15) is 28.0 Å². The summed E-state index contributed by atoms with van der Waals surface area (Å²) in [5, 5.41) is 14.9. The molecule has 4 rings (SSSR count). The number of rotatable bonds is 14. The van der Waals surface area contributed by atoms with Gasteiger partial charge in [0.1, 0.15) is 24.7 Å². The third-order valence-electron chi connectivity index (χ3n) is 5.34. The van der Waals surface area contributed by atoms with Crippen LogP contribution in [0.15, 0.2) is 36.4 Å². The fourth-order valence-corrected chi connectivity index (χ4v) is 5.32. The predicted molar refractivity (Wildman–Crippen MR) is 146 cm³/mol. The van der Waals surface area contributed by atoms with Crippen LogP contribution < -0.4 is 10.6 Å². The topological polar surface area (TPSA) is 160 Å². The number of anilines is 2. The normalized spacial score (nSPS) is 11.2. The van der Waals surface area contributed by atoms with Gasteiger partial charge in [-0.05, 0) is 49.2 Å². The Balaban J connectivity index is 1.35. The van der Waals surface area contributed by atoms with Gasteiger partial charge in [0.05, 0.1) is 20.4 Å². The highest BCUT2D eigenvalue weighted by Crippen LogP contribution is 2.27. The first kappa shape index (κ1) is 29.9. The monoisotopic (exact) mass is 607 g/mol. The summed E-state index contributed by atoms with van der Waals surface area (Å²) in [7, 11) is 0. The minimum atomic E-state index is -0.931. The van der Waals surface area contributed by atoms with Gasteiger partial charge in [-0.3, -0.25) is 19.3 Å². The Morgan fingerprint density at radius 3 is 1.83 bits per heavy atom. The minimum Gasteiger partial charge on any atom is -0.481 e. The van der Waals surface area contributed by atoms with E-state index in [2.05, 4.69) is 20.6 Å². The number of aliphatic carboxylic acids is 1. The van der Waals surface area contributed by atoms with Crippen molar-refractivity contribution in [1.29, 1.82) is 0 Å². The van der Waals surface area contributed by atoms with Crippen LogP contribution in [0.4, 0.5) is 19.0 Å². The number of benzene rings is 2. The van der Waals surface area contributed by atoms with Crippen LogP contribution in [-0.4, -0.2) is 57.0 Å². The summed E-state index contributed by atoms with van der Waals surface area (Å²) in [6.45, 7) is -1.12. The Kier molecular flexibility index (Phi) is 10.2. The number of halogens is 2. The van der Waals surface area contributed by atoms with Gasteiger partial charge in [-0.2, -0.15) is 0 Å². The Bertz CT molecular complexity index is 1480. The average molecular weight is 608 g/mol. The number of nitrogens with zero attached hydrogens (tertiary/aromatic N) is 3. The van der Waals surface area contributed by atoms with Gasteiger partial charge in [0, 0.05) is 12.8 Å². The molecule has 4 aromatic rings. The molecule has 2 heterocycles. The third-order valence-corrected chi connectivity index (χ3v) is 7.21. The number of amides is 2. The lowest BCUT2D eigenvalue weighted by Crippen LogP contribution is -2.39. The van der Waals surface area contributed by atoms with Gasteiger partial charge >= 0.3 is 11.9 Å². The van der Waals surface area contributed by atoms with Crippen molar-refractivity contribution in [1.82, 2.24) is 15.0 Å². The summed E-state index contributed by atoms with van der Waals surface area (Å²) in [5.41, 5.74) is 0.958. The maximum absolute atomic E-state index is 13.5. The van der Waals surface area contributed by atoms with Crippen LogP contribution in [0.25, 0.3) is 20.4 Å². The summed E-state index contributed by atoms with van der Waals surface area (Å²) in [6.07, 6.45) is 1.14. The van der Waals surface area contributed by atoms with E-state index in [1.807, 2.05) is 0 Å². The molecule has 12 nitrogen and oxygen atoms in total. The molecular weight excluding hydrogens is 584 g/mol. The second-order valence-corrected chi connectivity index (χ2v) is 10.7. The number of nitrogens with one attached hydrogen (secondary N) is 2. The fourth-order valence-electron chi connectivity index (χ4n) is 3.51. The summed E-state index contributed by atoms with van der Waals surface area (Å²) in [4.78, 5) is 66.2.